The smallest absolute Gasteiger partial charge is 0.379 e. The summed E-state index contributed by atoms with van der Waals surface area (Å²) in [6.45, 7) is 0. The lowest BCUT2D eigenvalue weighted by Crippen LogP contribution is -2.46. The lowest BCUT2D eigenvalue weighted by atomic mass is 9.89. The minimum Gasteiger partial charge on any atom is -0.496 e. The number of Topliss-reactive ketones (excluding diaryl/α,β-unsaturated/α-hetero) is 1. The van der Waals surface area contributed by atoms with Gasteiger partial charge in [-0.3, -0.25) is 4.79 Å². The number of rotatable bonds is 5. The molecule has 0 aliphatic carbocycles. The summed E-state index contributed by atoms with van der Waals surface area (Å²) in [7, 11) is 2.68. The van der Waals surface area contributed by atoms with E-state index in [1.807, 2.05) is 0 Å². The maximum Gasteiger partial charge on any atom is 0.379 e. The lowest BCUT2D eigenvalue weighted by molar-refractivity contribution is -0.150. The van der Waals surface area contributed by atoms with Crippen molar-refractivity contribution in [1.82, 2.24) is 10.6 Å². The van der Waals surface area contributed by atoms with Crippen molar-refractivity contribution < 1.29 is 19.1 Å². The second kappa shape index (κ2) is 8.41. The largest absolute Gasteiger partial charge is 0.496 e. The summed E-state index contributed by atoms with van der Waals surface area (Å²) in [6.07, 6.45) is 0. The molecule has 1 atom stereocenters. The predicted octanol–water partition coefficient (Wildman–Crippen LogP) is 3.02. The number of benzene rings is 2. The van der Waals surface area contributed by atoms with Crippen LogP contribution in [0.15, 0.2) is 54.1 Å². The van der Waals surface area contributed by atoms with Crippen molar-refractivity contribution in [3.8, 4) is 5.75 Å². The Balaban J connectivity index is 2.30. The number of hydrogen-bond donors (Lipinski definition) is 2. The molecule has 0 saturated carbocycles. The van der Waals surface area contributed by atoms with Crippen LogP contribution in [0.5, 0.6) is 5.75 Å². The molecule has 0 unspecified atom stereocenters. The van der Waals surface area contributed by atoms with Gasteiger partial charge in [0.2, 0.25) is 0 Å². The summed E-state index contributed by atoms with van der Waals surface area (Å²) in [5.41, 5.74) is 1.69. The Morgan fingerprint density at radius 3 is 2.43 bits per heavy atom. The molecule has 144 valence electrons. The first-order valence-electron chi connectivity index (χ1n) is 8.30. The van der Waals surface area contributed by atoms with Gasteiger partial charge in [0.1, 0.15) is 5.75 Å². The Morgan fingerprint density at radius 2 is 1.75 bits per heavy atom. The number of carbonyl (C=O) groups is 2. The molecule has 6 nitrogen and oxygen atoms in total. The average molecular weight is 417 g/mol. The van der Waals surface area contributed by atoms with Gasteiger partial charge in [-0.15, -0.1) is 0 Å². The number of ether oxygens (including phenoxy) is 2. The molecule has 2 N–H and O–H groups in total. The molecule has 1 aliphatic heterocycles. The van der Waals surface area contributed by atoms with E-state index in [0.29, 0.717) is 27.6 Å². The SMILES string of the molecule is COC(=O)C(=O)C1=C(c2ccccc2OC)NC(=S)N[C@H]1c1ccccc1Cl. The van der Waals surface area contributed by atoms with Gasteiger partial charge in [-0.1, -0.05) is 41.9 Å². The molecule has 1 aliphatic rings. The van der Waals surface area contributed by atoms with Crippen LogP contribution in [-0.2, 0) is 14.3 Å². The maximum atomic E-state index is 13.0. The van der Waals surface area contributed by atoms with Crippen molar-refractivity contribution in [3.05, 3.63) is 70.3 Å². The van der Waals surface area contributed by atoms with Crippen LogP contribution in [0.3, 0.4) is 0 Å². The molecule has 2 aromatic carbocycles. The first-order valence-corrected chi connectivity index (χ1v) is 9.08. The van der Waals surface area contributed by atoms with Crippen LogP contribution in [-0.4, -0.2) is 31.1 Å². The van der Waals surface area contributed by atoms with Crippen molar-refractivity contribution in [3.63, 3.8) is 0 Å². The minimum absolute atomic E-state index is 0.137. The van der Waals surface area contributed by atoms with Crippen molar-refractivity contribution in [1.29, 1.82) is 0 Å². The Kier molecular flexibility index (Phi) is 5.96. The van der Waals surface area contributed by atoms with Crippen molar-refractivity contribution in [2.75, 3.05) is 14.2 Å². The first-order chi connectivity index (χ1) is 13.5. The highest BCUT2D eigenvalue weighted by Crippen LogP contribution is 2.37. The molecule has 1 heterocycles. The highest BCUT2D eigenvalue weighted by atomic mass is 35.5. The standard InChI is InChI=1S/C20H17ClN2O4S/c1-26-14-10-6-4-8-12(14)17-15(18(24)19(25)27-2)16(22-20(28)23-17)11-7-3-5-9-13(11)21/h3-10,16H,1-2H3,(H2,22,23,28)/t16-/m0/s1. The minimum atomic E-state index is -0.990. The molecule has 28 heavy (non-hydrogen) atoms. The van der Waals surface area contributed by atoms with Gasteiger partial charge in [-0.25, -0.2) is 4.79 Å². The third kappa shape index (κ3) is 3.72. The summed E-state index contributed by atoms with van der Waals surface area (Å²) >= 11 is 11.7. The van der Waals surface area contributed by atoms with E-state index in [1.165, 1.54) is 7.11 Å². The predicted molar refractivity (Wildman–Crippen MR) is 110 cm³/mol. The summed E-state index contributed by atoms with van der Waals surface area (Å²) in [5, 5.41) is 6.73. The molecule has 0 fully saturated rings. The number of nitrogens with one attached hydrogen (secondary N) is 2. The van der Waals surface area contributed by atoms with Gasteiger partial charge in [-0.05, 0) is 36.0 Å². The molecule has 0 saturated heterocycles. The number of esters is 1. The van der Waals surface area contributed by atoms with Crippen LogP contribution < -0.4 is 15.4 Å². The van der Waals surface area contributed by atoms with Crippen LogP contribution in [0, 0.1) is 0 Å². The number of hydrogen-bond acceptors (Lipinski definition) is 5. The Labute approximate surface area is 172 Å². The fraction of sp³-hybridized carbons (Fsp3) is 0.150. The number of para-hydroxylation sites is 1. The fourth-order valence-corrected chi connectivity index (χ4v) is 3.48. The van der Waals surface area contributed by atoms with Gasteiger partial charge >= 0.3 is 5.97 Å². The molecule has 0 radical (unpaired) electrons. The molecule has 3 rings (SSSR count). The molecular formula is C20H17ClN2O4S. The highest BCUT2D eigenvalue weighted by Gasteiger charge is 2.37. The van der Waals surface area contributed by atoms with E-state index in [2.05, 4.69) is 15.4 Å². The summed E-state index contributed by atoms with van der Waals surface area (Å²) in [4.78, 5) is 25.1. The molecule has 0 bridgehead atoms. The zero-order valence-corrected chi connectivity index (χ0v) is 16.7. The Morgan fingerprint density at radius 1 is 1.07 bits per heavy atom. The normalized spacial score (nSPS) is 16.1. The van der Waals surface area contributed by atoms with E-state index in [-0.39, 0.29) is 10.7 Å². The van der Waals surface area contributed by atoms with Gasteiger partial charge in [0.05, 0.1) is 31.5 Å². The second-order valence-electron chi connectivity index (χ2n) is 5.86. The average Bonchev–Trinajstić information content (AvgIpc) is 2.72. The monoisotopic (exact) mass is 416 g/mol. The quantitative estimate of drug-likeness (QED) is 0.440. The topological polar surface area (TPSA) is 76.7 Å². The number of carbonyl (C=O) groups excluding carboxylic acids is 2. The van der Waals surface area contributed by atoms with Crippen molar-refractivity contribution >= 4 is 46.4 Å². The number of methoxy groups -OCH3 is 2. The number of halogens is 1. The third-order valence-electron chi connectivity index (χ3n) is 4.28. The first kappa shape index (κ1) is 19.9. The summed E-state index contributed by atoms with van der Waals surface area (Å²) in [6, 6.07) is 13.4. The van der Waals surface area contributed by atoms with Crippen molar-refractivity contribution in [2.24, 2.45) is 0 Å². The van der Waals surface area contributed by atoms with Gasteiger partial charge in [-0.2, -0.15) is 0 Å². The molecule has 2 aromatic rings. The van der Waals surface area contributed by atoms with Gasteiger partial charge in [0.15, 0.2) is 5.11 Å². The van der Waals surface area contributed by atoms with E-state index in [9.17, 15) is 9.59 Å². The van der Waals surface area contributed by atoms with Crippen LogP contribution in [0.25, 0.3) is 5.70 Å². The van der Waals surface area contributed by atoms with E-state index in [0.717, 1.165) is 7.11 Å². The molecule has 0 amide bonds. The molecule has 0 aromatic heterocycles. The van der Waals surface area contributed by atoms with Crippen molar-refractivity contribution in [2.45, 2.75) is 6.04 Å². The lowest BCUT2D eigenvalue weighted by Gasteiger charge is -2.32. The van der Waals surface area contributed by atoms with E-state index >= 15 is 0 Å². The summed E-state index contributed by atoms with van der Waals surface area (Å²) in [5.74, 6) is -1.28. The van der Waals surface area contributed by atoms with Crippen LogP contribution in [0.1, 0.15) is 17.2 Å². The Hall–Kier alpha value is -2.90. The van der Waals surface area contributed by atoms with Gasteiger partial charge < -0.3 is 20.1 Å². The van der Waals surface area contributed by atoms with Crippen LogP contribution >= 0.6 is 23.8 Å². The summed E-state index contributed by atoms with van der Waals surface area (Å²) < 4.78 is 10.1. The maximum absolute atomic E-state index is 13.0. The third-order valence-corrected chi connectivity index (χ3v) is 4.84. The molecule has 8 heteroatoms. The van der Waals surface area contributed by atoms with E-state index < -0.39 is 17.8 Å². The van der Waals surface area contributed by atoms with Gasteiger partial charge in [0, 0.05) is 10.6 Å². The highest BCUT2D eigenvalue weighted by molar-refractivity contribution is 7.80. The zero-order valence-electron chi connectivity index (χ0n) is 15.1. The number of ketones is 1. The van der Waals surface area contributed by atoms with Crippen LogP contribution in [0.2, 0.25) is 5.02 Å². The van der Waals surface area contributed by atoms with Crippen LogP contribution in [0.4, 0.5) is 0 Å². The van der Waals surface area contributed by atoms with E-state index in [1.54, 1.807) is 48.5 Å². The molecule has 0 spiro atoms. The molecular weight excluding hydrogens is 400 g/mol. The fourth-order valence-electron chi connectivity index (χ4n) is 3.02. The Bertz CT molecular complexity index is 990. The second-order valence-corrected chi connectivity index (χ2v) is 6.68. The van der Waals surface area contributed by atoms with E-state index in [4.69, 9.17) is 28.6 Å². The zero-order chi connectivity index (χ0) is 20.3. The number of thiocarbonyl (C=S) groups is 1. The van der Waals surface area contributed by atoms with Gasteiger partial charge in [0.25, 0.3) is 5.78 Å².